The highest BCUT2D eigenvalue weighted by molar-refractivity contribution is 5.71. The molecule has 28 heteroatoms. The summed E-state index contributed by atoms with van der Waals surface area (Å²) in [6.45, 7) is 5.71. The van der Waals surface area contributed by atoms with E-state index in [0.29, 0.717) is 12.8 Å². The minimum atomic E-state index is -0.740. The molecule has 13 N–H and O–H groups in total. The molecule has 0 aliphatic carbocycles. The van der Waals surface area contributed by atoms with Crippen LogP contribution in [0.1, 0.15) is 419 Å². The Bertz CT molecular complexity index is 1810. The summed E-state index contributed by atoms with van der Waals surface area (Å²) in [5, 5.41) is 109. The summed E-state index contributed by atoms with van der Waals surface area (Å²) in [6.07, 6.45) is 49.7. The molecule has 0 fully saturated rings. The Labute approximate surface area is 643 Å². The van der Waals surface area contributed by atoms with Gasteiger partial charge < -0.3 is 71.1 Å². The van der Waals surface area contributed by atoms with Crippen molar-refractivity contribution < 1.29 is 138 Å². The number of hydrogen-bond donors (Lipinski definition) is 13. The van der Waals surface area contributed by atoms with E-state index in [2.05, 4.69) is 0 Å². The summed E-state index contributed by atoms with van der Waals surface area (Å²) in [5.74, 6) is -9.64. The molecule has 0 aromatic heterocycles. The molecule has 0 spiro atoms. The SMILES string of the molecule is CC(C)(C)OC(=O)CCCCCCCCCCCCCCC(=O)O.O=C(O)CCCCCCCCC(=O)O.O=C(O)CCCCCCCCC(=O)O.O=C(O)CCCCCCCCC(=O)O.O=C(O)CCCCCCCCC(=O)O.O=C(O)CCCCCCCCC(=O)O.O=C(O)CCCCCCCCC(=O)O. The Morgan fingerprint density at radius 3 is 0.296 bits per heavy atom. The Hall–Kier alpha value is -7.42. The Morgan fingerprint density at radius 2 is 0.222 bits per heavy atom. The first kappa shape index (κ1) is 114. The lowest BCUT2D eigenvalue weighted by Gasteiger charge is -2.19. The van der Waals surface area contributed by atoms with Crippen LogP contribution in [0.5, 0.6) is 0 Å². The molecule has 28 nitrogen and oxygen atoms in total. The number of carbonyl (C=O) groups excluding carboxylic acids is 1. The van der Waals surface area contributed by atoms with Crippen LogP contribution in [0.15, 0.2) is 0 Å². The molecular weight excluding hydrogens is 1410 g/mol. The average molecular weight is 1560 g/mol. The molecule has 0 bridgehead atoms. The lowest BCUT2D eigenvalue weighted by molar-refractivity contribution is -0.155. The van der Waals surface area contributed by atoms with E-state index in [4.69, 9.17) is 71.1 Å². The fourth-order valence-electron chi connectivity index (χ4n) is 10.3. The van der Waals surface area contributed by atoms with Crippen molar-refractivity contribution in [3.8, 4) is 0 Å². The molecule has 634 valence electrons. The van der Waals surface area contributed by atoms with Crippen LogP contribution in [0.2, 0.25) is 0 Å². The largest absolute Gasteiger partial charge is 0.481 e. The van der Waals surface area contributed by atoms with Crippen molar-refractivity contribution in [1.29, 1.82) is 0 Å². The Kier molecular flexibility index (Phi) is 95.1. The molecule has 0 unspecified atom stereocenters. The smallest absolute Gasteiger partial charge is 0.306 e. The van der Waals surface area contributed by atoms with Gasteiger partial charge in [-0.15, -0.1) is 0 Å². The number of carbonyl (C=O) groups is 14. The highest BCUT2D eigenvalue weighted by atomic mass is 16.6. The van der Waals surface area contributed by atoms with Gasteiger partial charge in [0.1, 0.15) is 5.60 Å². The second-order valence-corrected chi connectivity index (χ2v) is 28.2. The first-order chi connectivity index (χ1) is 51.1. The normalized spacial score (nSPS) is 10.3. The first-order valence-electron chi connectivity index (χ1n) is 40.1. The van der Waals surface area contributed by atoms with Crippen LogP contribution >= 0.6 is 0 Å². The number of esters is 1. The van der Waals surface area contributed by atoms with Gasteiger partial charge in [-0.25, -0.2) is 0 Å². The van der Waals surface area contributed by atoms with Gasteiger partial charge in [-0.2, -0.15) is 0 Å². The monoisotopic (exact) mass is 1560 g/mol. The molecular formula is C80H146O28. The molecule has 0 aliphatic rings. The van der Waals surface area contributed by atoms with Gasteiger partial charge in [0.05, 0.1) is 0 Å². The fraction of sp³-hybridized carbons (Fsp3) is 0.825. The van der Waals surface area contributed by atoms with E-state index in [1.165, 1.54) is 44.9 Å². The van der Waals surface area contributed by atoms with Gasteiger partial charge >= 0.3 is 83.6 Å². The number of ether oxygens (including phenoxy) is 1. The van der Waals surface area contributed by atoms with E-state index < -0.39 is 77.6 Å². The maximum absolute atomic E-state index is 11.5. The summed E-state index contributed by atoms with van der Waals surface area (Å²) in [5.41, 5.74) is -0.368. The van der Waals surface area contributed by atoms with Crippen molar-refractivity contribution in [2.75, 3.05) is 0 Å². The minimum Gasteiger partial charge on any atom is -0.481 e. The average Bonchev–Trinajstić information content (AvgIpc) is 0.953. The topological polar surface area (TPSA) is 511 Å². The van der Waals surface area contributed by atoms with Crippen molar-refractivity contribution in [2.45, 2.75) is 424 Å². The van der Waals surface area contributed by atoms with Gasteiger partial charge in [-0.3, -0.25) is 67.1 Å². The Balaban J connectivity index is -0.000000223. The fourth-order valence-corrected chi connectivity index (χ4v) is 10.3. The predicted molar refractivity (Wildman–Crippen MR) is 411 cm³/mol. The number of hydrogen-bond acceptors (Lipinski definition) is 15. The van der Waals surface area contributed by atoms with Crippen LogP contribution < -0.4 is 0 Å². The van der Waals surface area contributed by atoms with Crippen LogP contribution in [0, 0.1) is 0 Å². The van der Waals surface area contributed by atoms with E-state index in [1.54, 1.807) is 0 Å². The summed E-state index contributed by atoms with van der Waals surface area (Å²) >= 11 is 0. The minimum absolute atomic E-state index is 0.0779. The van der Waals surface area contributed by atoms with E-state index >= 15 is 0 Å². The lowest BCUT2D eigenvalue weighted by Crippen LogP contribution is -2.23. The third-order valence-electron chi connectivity index (χ3n) is 16.1. The number of rotatable bonds is 69. The van der Waals surface area contributed by atoms with Crippen molar-refractivity contribution in [1.82, 2.24) is 0 Å². The number of carboxylic acid groups (broad SMARTS) is 13. The maximum Gasteiger partial charge on any atom is 0.306 e. The summed E-state index contributed by atoms with van der Waals surface area (Å²) in [4.78, 5) is 144. The van der Waals surface area contributed by atoms with E-state index in [1.807, 2.05) is 20.8 Å². The van der Waals surface area contributed by atoms with Crippen LogP contribution in [-0.4, -0.2) is 156 Å². The van der Waals surface area contributed by atoms with Crippen molar-refractivity contribution >= 4 is 83.6 Å². The first-order valence-corrected chi connectivity index (χ1v) is 40.1. The highest BCUT2D eigenvalue weighted by Gasteiger charge is 2.16. The van der Waals surface area contributed by atoms with Crippen LogP contribution in [0.4, 0.5) is 0 Å². The number of aliphatic carboxylic acids is 13. The second-order valence-electron chi connectivity index (χ2n) is 28.2. The van der Waals surface area contributed by atoms with Gasteiger partial charge in [-0.05, 0) is 111 Å². The molecule has 0 heterocycles. The molecule has 0 amide bonds. The van der Waals surface area contributed by atoms with Gasteiger partial charge in [0, 0.05) is 89.9 Å². The summed E-state index contributed by atoms with van der Waals surface area (Å²) in [6, 6.07) is 0. The zero-order chi connectivity index (χ0) is 83.1. The molecule has 0 radical (unpaired) electrons. The van der Waals surface area contributed by atoms with E-state index in [-0.39, 0.29) is 88.6 Å². The molecule has 0 rings (SSSR count). The third-order valence-corrected chi connectivity index (χ3v) is 16.1. The van der Waals surface area contributed by atoms with E-state index in [0.717, 1.165) is 263 Å². The van der Waals surface area contributed by atoms with Crippen molar-refractivity contribution in [2.24, 2.45) is 0 Å². The molecule has 0 aromatic rings. The molecule has 0 aromatic carbocycles. The van der Waals surface area contributed by atoms with Gasteiger partial charge in [0.15, 0.2) is 0 Å². The molecule has 0 aliphatic heterocycles. The van der Waals surface area contributed by atoms with Gasteiger partial charge in [0.2, 0.25) is 0 Å². The molecule has 0 atom stereocenters. The van der Waals surface area contributed by atoms with E-state index in [9.17, 15) is 67.1 Å². The molecule has 0 saturated carbocycles. The molecule has 0 saturated heterocycles. The standard InChI is InChI=1S/C20H38O4.6C10H18O4/c1-20(2,3)24-19(23)17-15-13-11-9-7-5-4-6-8-10-12-14-16-18(21)22;6*11-9(12)7-5-3-1-2-4-6-8-10(13)14/h4-17H2,1-3H3,(H,21,22);6*1-8H2,(H,11,12)(H,13,14). The number of unbranched alkanes of at least 4 members (excludes halogenated alkanes) is 41. The maximum atomic E-state index is 11.5. The van der Waals surface area contributed by atoms with Crippen molar-refractivity contribution in [3.05, 3.63) is 0 Å². The number of carboxylic acids is 13. The predicted octanol–water partition coefficient (Wildman–Crippen LogP) is 19.5. The Morgan fingerprint density at radius 1 is 0.148 bits per heavy atom. The summed E-state index contributed by atoms with van der Waals surface area (Å²) < 4.78 is 5.29. The third kappa shape index (κ3) is 145. The zero-order valence-electron chi connectivity index (χ0n) is 66.3. The summed E-state index contributed by atoms with van der Waals surface area (Å²) in [7, 11) is 0. The lowest BCUT2D eigenvalue weighted by atomic mass is 10.0. The van der Waals surface area contributed by atoms with Crippen LogP contribution in [-0.2, 0) is 71.9 Å². The van der Waals surface area contributed by atoms with Gasteiger partial charge in [0.25, 0.3) is 0 Å². The molecule has 108 heavy (non-hydrogen) atoms. The highest BCUT2D eigenvalue weighted by Crippen LogP contribution is 2.17. The van der Waals surface area contributed by atoms with Crippen LogP contribution in [0.3, 0.4) is 0 Å². The zero-order valence-corrected chi connectivity index (χ0v) is 66.3. The van der Waals surface area contributed by atoms with Gasteiger partial charge in [-0.1, -0.05) is 218 Å². The quantitative estimate of drug-likeness (QED) is 0.0199. The second kappa shape index (κ2) is 90.2. The van der Waals surface area contributed by atoms with Crippen molar-refractivity contribution in [3.63, 3.8) is 0 Å². The van der Waals surface area contributed by atoms with Crippen LogP contribution in [0.25, 0.3) is 0 Å².